The minimum atomic E-state index is 0.305. The van der Waals surface area contributed by atoms with Gasteiger partial charge in [-0.2, -0.15) is 4.99 Å². The zero-order valence-corrected chi connectivity index (χ0v) is 14.3. The molecule has 4 heteroatoms. The standard InChI is InChI=1S/C18H18N2S2/c1-12-5-9-16(10-6-12)22-18(21)20-17(19)15-8-7-13-3-2-4-14(13)11-15/h5-11H,2-4H2,1H3,(H2,19,20,21)/p+1. The van der Waals surface area contributed by atoms with E-state index in [-0.39, 0.29) is 0 Å². The van der Waals surface area contributed by atoms with Crippen LogP contribution in [0, 0.1) is 12.3 Å². The van der Waals surface area contributed by atoms with Crippen molar-refractivity contribution in [1.82, 2.24) is 0 Å². The van der Waals surface area contributed by atoms with E-state index in [1.54, 1.807) is 0 Å². The van der Waals surface area contributed by atoms with Gasteiger partial charge in [-0.05, 0) is 67.3 Å². The lowest BCUT2D eigenvalue weighted by Gasteiger charge is -2.03. The number of fused-ring (bicyclic) bond motifs is 1. The van der Waals surface area contributed by atoms with Crippen LogP contribution in [-0.4, -0.2) is 10.2 Å². The quantitative estimate of drug-likeness (QED) is 0.385. The van der Waals surface area contributed by atoms with Crippen molar-refractivity contribution in [2.75, 3.05) is 0 Å². The molecule has 0 atom stereocenters. The van der Waals surface area contributed by atoms with Crippen molar-refractivity contribution in [3.63, 3.8) is 0 Å². The molecule has 22 heavy (non-hydrogen) atoms. The highest BCUT2D eigenvalue weighted by atomic mass is 32.2. The summed E-state index contributed by atoms with van der Waals surface area (Å²) in [7, 11) is 0. The van der Waals surface area contributed by atoms with E-state index in [1.165, 1.54) is 41.3 Å². The number of nitrogens with zero attached hydrogens (tertiary/aromatic N) is 1. The van der Waals surface area contributed by atoms with Gasteiger partial charge in [0.25, 0.3) is 4.38 Å². The molecule has 0 unspecified atom stereocenters. The van der Waals surface area contributed by atoms with E-state index in [1.807, 2.05) is 6.07 Å². The molecule has 1 aliphatic carbocycles. The summed E-state index contributed by atoms with van der Waals surface area (Å²) in [6.45, 7) is 2.07. The van der Waals surface area contributed by atoms with Crippen molar-refractivity contribution in [3.05, 3.63) is 64.7 Å². The fourth-order valence-corrected chi connectivity index (χ4v) is 3.72. The fourth-order valence-electron chi connectivity index (χ4n) is 2.63. The third kappa shape index (κ3) is 3.62. The minimum absolute atomic E-state index is 0.305. The molecule has 0 bridgehead atoms. The number of hydrogen-bond acceptors (Lipinski definition) is 2. The summed E-state index contributed by atoms with van der Waals surface area (Å²) in [5.74, 6) is 0.305. The van der Waals surface area contributed by atoms with Crippen LogP contribution < -0.4 is 0 Å². The molecule has 2 nitrogen and oxygen atoms in total. The van der Waals surface area contributed by atoms with Gasteiger partial charge in [-0.25, -0.2) is 0 Å². The molecule has 0 fully saturated rings. The van der Waals surface area contributed by atoms with Crippen molar-refractivity contribution in [3.8, 4) is 0 Å². The predicted molar refractivity (Wildman–Crippen MR) is 99.9 cm³/mol. The molecule has 0 aromatic heterocycles. The summed E-state index contributed by atoms with van der Waals surface area (Å²) < 4.78 is 0.703. The highest BCUT2D eigenvalue weighted by Crippen LogP contribution is 2.24. The van der Waals surface area contributed by atoms with E-state index in [4.69, 9.17) is 5.41 Å². The van der Waals surface area contributed by atoms with Crippen molar-refractivity contribution >= 4 is 34.6 Å². The van der Waals surface area contributed by atoms with Gasteiger partial charge in [0, 0.05) is 23.1 Å². The lowest BCUT2D eigenvalue weighted by molar-refractivity contribution is 0.912. The zero-order chi connectivity index (χ0) is 15.5. The van der Waals surface area contributed by atoms with Crippen molar-refractivity contribution in [2.45, 2.75) is 31.1 Å². The monoisotopic (exact) mass is 327 g/mol. The van der Waals surface area contributed by atoms with Crippen LogP contribution in [0.5, 0.6) is 0 Å². The van der Waals surface area contributed by atoms with Crippen LogP contribution >= 0.6 is 11.8 Å². The Kier molecular flexibility index (Phi) is 4.69. The number of rotatable bonds is 2. The molecule has 0 heterocycles. The summed E-state index contributed by atoms with van der Waals surface area (Å²) in [4.78, 5) is 5.48. The largest absolute Gasteiger partial charge is 0.284 e. The molecule has 2 aromatic rings. The van der Waals surface area contributed by atoms with Gasteiger partial charge in [0.15, 0.2) is 5.84 Å². The van der Waals surface area contributed by atoms with Crippen LogP contribution in [0.3, 0.4) is 0 Å². The molecular formula is C18H19N2S2+. The second-order valence-corrected chi connectivity index (χ2v) is 7.42. The van der Waals surface area contributed by atoms with Gasteiger partial charge >= 0.3 is 0 Å². The normalized spacial score (nSPS) is 14.0. The number of nitrogens with one attached hydrogen (secondary N) is 1. The van der Waals surface area contributed by atoms with E-state index in [0.717, 1.165) is 16.9 Å². The molecule has 0 amide bonds. The molecule has 0 aliphatic heterocycles. The number of benzene rings is 2. The maximum atomic E-state index is 8.19. The third-order valence-corrected chi connectivity index (χ3v) is 5.03. The Bertz CT molecular complexity index is 733. The first-order chi connectivity index (χ1) is 10.6. The molecule has 1 aliphatic rings. The van der Waals surface area contributed by atoms with Crippen LogP contribution in [0.2, 0.25) is 0 Å². The van der Waals surface area contributed by atoms with Crippen LogP contribution in [0.25, 0.3) is 0 Å². The molecular weight excluding hydrogens is 308 g/mol. The SMILES string of the molecule is Cc1ccc(SC([SH2+])=NC(=N)c2ccc3c(c2)CCC3)cc1. The summed E-state index contributed by atoms with van der Waals surface area (Å²) in [6.07, 6.45) is 3.51. The topological polar surface area (TPSA) is 36.2 Å². The Morgan fingerprint density at radius 1 is 1.09 bits per heavy atom. The number of aryl methyl sites for hydroxylation is 3. The van der Waals surface area contributed by atoms with Crippen molar-refractivity contribution in [1.29, 1.82) is 5.41 Å². The molecule has 0 spiro atoms. The smallest absolute Gasteiger partial charge is 0.282 e. The summed E-state index contributed by atoms with van der Waals surface area (Å²) >= 11 is 5.04. The highest BCUT2D eigenvalue weighted by Gasteiger charge is 2.13. The predicted octanol–water partition coefficient (Wildman–Crippen LogP) is 3.97. The maximum absolute atomic E-state index is 8.19. The van der Waals surface area contributed by atoms with E-state index >= 15 is 0 Å². The zero-order valence-electron chi connectivity index (χ0n) is 12.5. The Hall–Kier alpha value is -1.52. The van der Waals surface area contributed by atoms with Crippen LogP contribution in [0.1, 0.15) is 28.7 Å². The number of hydrogen-bond donors (Lipinski definition) is 1. The van der Waals surface area contributed by atoms with E-state index in [2.05, 4.69) is 60.9 Å². The Morgan fingerprint density at radius 3 is 2.59 bits per heavy atom. The van der Waals surface area contributed by atoms with Gasteiger partial charge in [-0.3, -0.25) is 5.41 Å². The average molecular weight is 327 g/mol. The summed E-state index contributed by atoms with van der Waals surface area (Å²) in [6, 6.07) is 14.5. The van der Waals surface area contributed by atoms with Gasteiger partial charge in [0.2, 0.25) is 0 Å². The van der Waals surface area contributed by atoms with Gasteiger partial charge < -0.3 is 0 Å². The minimum Gasteiger partial charge on any atom is -0.282 e. The fraction of sp³-hybridized carbons (Fsp3) is 0.222. The molecule has 1 N–H and O–H groups in total. The van der Waals surface area contributed by atoms with Crippen LogP contribution in [0.15, 0.2) is 52.4 Å². The Morgan fingerprint density at radius 2 is 1.82 bits per heavy atom. The van der Waals surface area contributed by atoms with Gasteiger partial charge in [-0.1, -0.05) is 29.8 Å². The van der Waals surface area contributed by atoms with Gasteiger partial charge in [0.1, 0.15) is 0 Å². The first-order valence-corrected chi connectivity index (χ1v) is 8.69. The van der Waals surface area contributed by atoms with E-state index < -0.39 is 0 Å². The molecule has 0 saturated heterocycles. The van der Waals surface area contributed by atoms with Crippen molar-refractivity contribution < 1.29 is 0 Å². The Balaban J connectivity index is 1.73. The summed E-state index contributed by atoms with van der Waals surface area (Å²) in [5, 5.41) is 8.19. The van der Waals surface area contributed by atoms with Crippen LogP contribution in [-0.2, 0) is 25.5 Å². The van der Waals surface area contributed by atoms with Gasteiger partial charge in [-0.15, -0.1) is 0 Å². The van der Waals surface area contributed by atoms with Gasteiger partial charge in [0.05, 0.1) is 0 Å². The van der Waals surface area contributed by atoms with Crippen molar-refractivity contribution in [2.24, 2.45) is 4.99 Å². The number of amidine groups is 1. The van der Waals surface area contributed by atoms with E-state index in [0.29, 0.717) is 10.2 Å². The molecule has 0 radical (unpaired) electrons. The molecule has 112 valence electrons. The molecule has 0 saturated carbocycles. The molecule has 3 rings (SSSR count). The lowest BCUT2D eigenvalue weighted by Crippen LogP contribution is -2.00. The number of aliphatic imine (C=N–C) groups is 1. The van der Waals surface area contributed by atoms with E-state index in [9.17, 15) is 0 Å². The first kappa shape index (κ1) is 15.4. The van der Waals surface area contributed by atoms with Crippen LogP contribution in [0.4, 0.5) is 0 Å². The third-order valence-electron chi connectivity index (χ3n) is 3.82. The highest BCUT2D eigenvalue weighted by molar-refractivity contribution is 8.27. The summed E-state index contributed by atoms with van der Waals surface area (Å²) in [5.41, 5.74) is 4.93. The number of thioether (sulfide) groups is 1. The lowest BCUT2D eigenvalue weighted by atomic mass is 10.1. The average Bonchev–Trinajstić information content (AvgIpc) is 2.97. The second-order valence-electron chi connectivity index (χ2n) is 5.52. The maximum Gasteiger partial charge on any atom is 0.284 e. The second kappa shape index (κ2) is 6.71. The Labute approximate surface area is 141 Å². The first-order valence-electron chi connectivity index (χ1n) is 7.37. The molecule has 2 aromatic carbocycles.